The minimum Gasteiger partial charge on any atom is -0.457 e. The Morgan fingerprint density at radius 1 is 1.00 bits per heavy atom. The van der Waals surface area contributed by atoms with Crippen molar-refractivity contribution in [1.82, 2.24) is 9.80 Å². The normalized spacial score (nSPS) is 26.1. The van der Waals surface area contributed by atoms with E-state index in [1.165, 1.54) is 26.7 Å². The molecule has 41 heavy (non-hydrogen) atoms. The summed E-state index contributed by atoms with van der Waals surface area (Å²) in [6.45, 7) is 5.39. The first kappa shape index (κ1) is 29.9. The van der Waals surface area contributed by atoms with Crippen molar-refractivity contribution in [3.63, 3.8) is 0 Å². The summed E-state index contributed by atoms with van der Waals surface area (Å²) in [5, 5.41) is 0.879. The molecule has 3 fully saturated rings. The van der Waals surface area contributed by atoms with Crippen molar-refractivity contribution in [2.45, 2.75) is 75.9 Å². The van der Waals surface area contributed by atoms with Gasteiger partial charge >= 0.3 is 11.9 Å². The maximum Gasteiger partial charge on any atom is 0.308 e. The molecule has 1 heterocycles. The molecule has 2 aliphatic carbocycles. The molecule has 0 N–H and O–H groups in total. The molecule has 0 bridgehead atoms. The van der Waals surface area contributed by atoms with E-state index in [0.29, 0.717) is 47.5 Å². The van der Waals surface area contributed by atoms with Gasteiger partial charge in [-0.1, -0.05) is 41.4 Å². The Balaban J connectivity index is 1.48. The molecule has 0 unspecified atom stereocenters. The number of hydrogen-bond acceptors (Lipinski definition) is 6. The lowest BCUT2D eigenvalue weighted by Gasteiger charge is -2.60. The first-order valence-electron chi connectivity index (χ1n) is 14.4. The standard InChI is InChI=1S/C32H38Cl2N2O5/c1-21(37)40-27-6-4-5-25(17-27)31-13-14-36(19-23-7-8-23)20-32(31,41-22(2)38)12-11-26(18-31)35(3)30(39)16-24-9-10-28(33)29(34)15-24/h4-6,9-10,15,17,23,26H,7-8,11-14,16,18-20H2,1-3H3/t26-,31-,32-/m0/s1. The van der Waals surface area contributed by atoms with Crippen molar-refractivity contribution in [1.29, 1.82) is 0 Å². The van der Waals surface area contributed by atoms with Gasteiger partial charge in [0.2, 0.25) is 5.91 Å². The molecule has 2 aromatic rings. The highest BCUT2D eigenvalue weighted by atomic mass is 35.5. The van der Waals surface area contributed by atoms with Crippen molar-refractivity contribution in [2.24, 2.45) is 5.92 Å². The number of likely N-dealkylation sites (tertiary alicyclic amines) is 1. The molecule has 2 aromatic carbocycles. The van der Waals surface area contributed by atoms with Crippen LogP contribution in [0.4, 0.5) is 0 Å². The predicted octanol–water partition coefficient (Wildman–Crippen LogP) is 5.83. The number of ether oxygens (including phenoxy) is 2. The van der Waals surface area contributed by atoms with Crippen LogP contribution in [0.5, 0.6) is 5.75 Å². The summed E-state index contributed by atoms with van der Waals surface area (Å²) in [4.78, 5) is 42.3. The van der Waals surface area contributed by atoms with Gasteiger partial charge in [-0.3, -0.25) is 19.3 Å². The van der Waals surface area contributed by atoms with Gasteiger partial charge in [0.1, 0.15) is 11.4 Å². The first-order valence-corrected chi connectivity index (χ1v) is 15.2. The van der Waals surface area contributed by atoms with Crippen LogP contribution in [0, 0.1) is 5.92 Å². The number of carbonyl (C=O) groups excluding carboxylic acids is 3. The van der Waals surface area contributed by atoms with Crippen molar-refractivity contribution in [2.75, 3.05) is 26.7 Å². The van der Waals surface area contributed by atoms with E-state index in [2.05, 4.69) is 4.90 Å². The van der Waals surface area contributed by atoms with Gasteiger partial charge in [-0.15, -0.1) is 0 Å². The highest BCUT2D eigenvalue weighted by Gasteiger charge is 2.61. The second-order valence-electron chi connectivity index (χ2n) is 12.0. The van der Waals surface area contributed by atoms with Crippen LogP contribution in [-0.4, -0.2) is 66.0 Å². The van der Waals surface area contributed by atoms with Crippen LogP contribution in [0.1, 0.15) is 63.5 Å². The van der Waals surface area contributed by atoms with Gasteiger partial charge in [-0.2, -0.15) is 0 Å². The Morgan fingerprint density at radius 3 is 2.46 bits per heavy atom. The van der Waals surface area contributed by atoms with Gasteiger partial charge in [-0.25, -0.2) is 0 Å². The Hall–Kier alpha value is -2.61. The van der Waals surface area contributed by atoms with E-state index in [9.17, 15) is 14.4 Å². The number of halogens is 2. The Bertz CT molecular complexity index is 1330. The molecular weight excluding hydrogens is 563 g/mol. The smallest absolute Gasteiger partial charge is 0.308 e. The summed E-state index contributed by atoms with van der Waals surface area (Å²) in [5.74, 6) is 0.474. The molecule has 7 nitrogen and oxygen atoms in total. The van der Waals surface area contributed by atoms with Gasteiger partial charge in [-0.05, 0) is 86.4 Å². The fourth-order valence-electron chi connectivity index (χ4n) is 6.99. The third-order valence-electron chi connectivity index (χ3n) is 9.15. The lowest BCUT2D eigenvalue weighted by atomic mass is 9.55. The average molecular weight is 602 g/mol. The zero-order valence-corrected chi connectivity index (χ0v) is 25.5. The van der Waals surface area contributed by atoms with Gasteiger partial charge in [0.15, 0.2) is 0 Å². The molecule has 0 spiro atoms. The second kappa shape index (κ2) is 11.9. The molecule has 9 heteroatoms. The number of hydrogen-bond donors (Lipinski definition) is 0. The molecule has 5 rings (SSSR count). The highest BCUT2D eigenvalue weighted by molar-refractivity contribution is 6.42. The van der Waals surface area contributed by atoms with Crippen LogP contribution in [0.25, 0.3) is 0 Å². The summed E-state index contributed by atoms with van der Waals surface area (Å²) < 4.78 is 11.9. The molecule has 1 saturated heterocycles. The Kier molecular flexibility index (Phi) is 8.70. The van der Waals surface area contributed by atoms with Gasteiger partial charge in [0, 0.05) is 45.4 Å². The fourth-order valence-corrected chi connectivity index (χ4v) is 7.31. The number of piperidine rings is 1. The molecule has 1 amide bonds. The van der Waals surface area contributed by atoms with E-state index in [0.717, 1.165) is 30.6 Å². The molecule has 3 atom stereocenters. The SMILES string of the molecule is CC(=O)Oc1cccc([C@@]23CCN(CC4CC4)C[C@@]2(OC(C)=O)CC[C@H](N(C)C(=O)Cc2ccc(Cl)c(Cl)c2)C3)c1. The summed E-state index contributed by atoms with van der Waals surface area (Å²) >= 11 is 12.3. The number of benzene rings is 2. The summed E-state index contributed by atoms with van der Waals surface area (Å²) in [6, 6.07) is 12.8. The molecule has 2 saturated carbocycles. The fraction of sp³-hybridized carbons (Fsp3) is 0.531. The monoisotopic (exact) mass is 600 g/mol. The molecular formula is C32H38Cl2N2O5. The third kappa shape index (κ3) is 6.42. The average Bonchev–Trinajstić information content (AvgIpc) is 3.73. The highest BCUT2D eigenvalue weighted by Crippen LogP contribution is 2.55. The topological polar surface area (TPSA) is 76.2 Å². The van der Waals surface area contributed by atoms with Crippen LogP contribution in [0.3, 0.4) is 0 Å². The second-order valence-corrected chi connectivity index (χ2v) is 12.9. The Morgan fingerprint density at radius 2 is 1.78 bits per heavy atom. The number of rotatable bonds is 8. The summed E-state index contributed by atoms with van der Waals surface area (Å²) in [7, 11) is 1.86. The number of esters is 2. The molecule has 3 aliphatic rings. The molecule has 1 aliphatic heterocycles. The molecule has 0 aromatic heterocycles. The van der Waals surface area contributed by atoms with Crippen LogP contribution in [0.15, 0.2) is 42.5 Å². The van der Waals surface area contributed by atoms with E-state index in [1.54, 1.807) is 18.2 Å². The largest absolute Gasteiger partial charge is 0.457 e. The van der Waals surface area contributed by atoms with E-state index in [1.807, 2.05) is 36.2 Å². The number of fused-ring (bicyclic) bond motifs is 1. The maximum atomic E-state index is 13.5. The van der Waals surface area contributed by atoms with E-state index in [-0.39, 0.29) is 30.3 Å². The van der Waals surface area contributed by atoms with Crippen LogP contribution in [0.2, 0.25) is 10.0 Å². The number of carbonyl (C=O) groups is 3. The number of nitrogens with zero attached hydrogens (tertiary/aromatic N) is 2. The minimum absolute atomic E-state index is 0.0108. The number of amides is 1. The lowest BCUT2D eigenvalue weighted by molar-refractivity contribution is -0.190. The first-order chi connectivity index (χ1) is 19.5. The van der Waals surface area contributed by atoms with Crippen LogP contribution in [-0.2, 0) is 31.0 Å². The summed E-state index contributed by atoms with van der Waals surface area (Å²) in [5.41, 5.74) is 0.456. The van der Waals surface area contributed by atoms with Crippen molar-refractivity contribution >= 4 is 41.0 Å². The van der Waals surface area contributed by atoms with Gasteiger partial charge in [0.25, 0.3) is 0 Å². The number of likely N-dealkylation sites (N-methyl/N-ethyl adjacent to an activating group) is 1. The summed E-state index contributed by atoms with van der Waals surface area (Å²) in [6.07, 6.45) is 5.44. The zero-order valence-electron chi connectivity index (χ0n) is 24.0. The molecule has 220 valence electrons. The quantitative estimate of drug-likeness (QED) is 0.280. The van der Waals surface area contributed by atoms with Crippen LogP contribution < -0.4 is 4.74 Å². The van der Waals surface area contributed by atoms with Gasteiger partial charge < -0.3 is 14.4 Å². The predicted molar refractivity (Wildman–Crippen MR) is 158 cm³/mol. The van der Waals surface area contributed by atoms with Crippen LogP contribution >= 0.6 is 23.2 Å². The van der Waals surface area contributed by atoms with Gasteiger partial charge in [0.05, 0.1) is 16.5 Å². The van der Waals surface area contributed by atoms with Crippen molar-refractivity contribution in [3.05, 3.63) is 63.6 Å². The van der Waals surface area contributed by atoms with Crippen molar-refractivity contribution < 1.29 is 23.9 Å². The molecule has 0 radical (unpaired) electrons. The van der Waals surface area contributed by atoms with Crippen molar-refractivity contribution in [3.8, 4) is 5.75 Å². The maximum absolute atomic E-state index is 13.5. The van der Waals surface area contributed by atoms with E-state index >= 15 is 0 Å². The minimum atomic E-state index is -0.759. The lowest BCUT2D eigenvalue weighted by Crippen LogP contribution is -2.68. The zero-order chi connectivity index (χ0) is 29.4. The third-order valence-corrected chi connectivity index (χ3v) is 9.89. The van der Waals surface area contributed by atoms with E-state index < -0.39 is 11.0 Å². The Labute approximate surface area is 252 Å². The van der Waals surface area contributed by atoms with E-state index in [4.69, 9.17) is 32.7 Å².